The quantitative estimate of drug-likeness (QED) is 0.500. The molecule has 0 saturated carbocycles. The molecule has 0 saturated heterocycles. The molecule has 2 aromatic carbocycles. The van der Waals surface area contributed by atoms with Crippen LogP contribution >= 0.6 is 0 Å². The van der Waals surface area contributed by atoms with Gasteiger partial charge in [-0.05, 0) is 67.8 Å². The van der Waals surface area contributed by atoms with Gasteiger partial charge in [0.05, 0.1) is 6.04 Å². The second kappa shape index (κ2) is 6.68. The van der Waals surface area contributed by atoms with Crippen LogP contribution in [-0.4, -0.2) is 9.97 Å². The number of aromatic nitrogens is 2. The second-order valence-corrected chi connectivity index (χ2v) is 6.87. The molecule has 0 amide bonds. The van der Waals surface area contributed by atoms with Gasteiger partial charge in [0.15, 0.2) is 0 Å². The lowest BCUT2D eigenvalue weighted by Gasteiger charge is -2.22. The predicted octanol–water partition coefficient (Wildman–Crippen LogP) is 5.69. The van der Waals surface area contributed by atoms with Crippen molar-refractivity contribution in [3.8, 4) is 0 Å². The van der Waals surface area contributed by atoms with Crippen molar-refractivity contribution in [3.63, 3.8) is 0 Å². The second-order valence-electron chi connectivity index (χ2n) is 6.87. The van der Waals surface area contributed by atoms with Gasteiger partial charge in [0.25, 0.3) is 0 Å². The van der Waals surface area contributed by atoms with Crippen LogP contribution in [0.3, 0.4) is 0 Å². The first kappa shape index (κ1) is 16.4. The van der Waals surface area contributed by atoms with Gasteiger partial charge in [0.2, 0.25) is 0 Å². The molecular weight excluding hydrogens is 318 g/mol. The predicted molar refractivity (Wildman–Crippen MR) is 109 cm³/mol. The maximum absolute atomic E-state index is 4.19. The van der Waals surface area contributed by atoms with E-state index in [0.717, 1.165) is 5.69 Å². The van der Waals surface area contributed by atoms with Gasteiger partial charge in [-0.25, -0.2) is 0 Å². The van der Waals surface area contributed by atoms with E-state index in [4.69, 9.17) is 0 Å². The number of aryl methyl sites for hydroxylation is 3. The van der Waals surface area contributed by atoms with Crippen LogP contribution in [0, 0.1) is 20.8 Å². The molecule has 0 fully saturated rings. The summed E-state index contributed by atoms with van der Waals surface area (Å²) in [4.78, 5) is 7.72. The van der Waals surface area contributed by atoms with Crippen molar-refractivity contribution >= 4 is 16.6 Å². The first-order valence-electron chi connectivity index (χ1n) is 8.94. The first-order valence-corrected chi connectivity index (χ1v) is 8.94. The summed E-state index contributed by atoms with van der Waals surface area (Å²) in [5, 5.41) is 5.00. The Morgan fingerprint density at radius 3 is 2.42 bits per heavy atom. The van der Waals surface area contributed by atoms with Crippen LogP contribution in [-0.2, 0) is 0 Å². The minimum atomic E-state index is 0.0521. The van der Waals surface area contributed by atoms with Gasteiger partial charge in [-0.3, -0.25) is 4.98 Å². The summed E-state index contributed by atoms with van der Waals surface area (Å²) in [6, 6.07) is 19.2. The van der Waals surface area contributed by atoms with E-state index < -0.39 is 0 Å². The van der Waals surface area contributed by atoms with Gasteiger partial charge < -0.3 is 10.3 Å². The summed E-state index contributed by atoms with van der Waals surface area (Å²) in [6.45, 7) is 6.44. The molecule has 4 aromatic rings. The Bertz CT molecular complexity index is 1050. The van der Waals surface area contributed by atoms with Crippen molar-refractivity contribution in [1.29, 1.82) is 0 Å². The molecule has 130 valence electrons. The molecule has 0 bridgehead atoms. The molecule has 0 unspecified atom stereocenters. The van der Waals surface area contributed by atoms with E-state index in [1.807, 2.05) is 12.4 Å². The number of hydrogen-bond acceptors (Lipinski definition) is 2. The molecule has 2 N–H and O–H groups in total. The number of rotatable bonds is 4. The molecule has 0 aliphatic carbocycles. The van der Waals surface area contributed by atoms with Gasteiger partial charge >= 0.3 is 0 Å². The van der Waals surface area contributed by atoms with Crippen molar-refractivity contribution in [2.45, 2.75) is 26.8 Å². The number of fused-ring (bicyclic) bond motifs is 1. The summed E-state index contributed by atoms with van der Waals surface area (Å²) in [5.41, 5.74) is 8.56. The third kappa shape index (κ3) is 2.97. The largest absolute Gasteiger partial charge is 0.374 e. The number of benzene rings is 2. The maximum atomic E-state index is 4.19. The fourth-order valence-corrected chi connectivity index (χ4v) is 3.55. The number of nitrogens with zero attached hydrogens (tertiary/aromatic N) is 1. The minimum Gasteiger partial charge on any atom is -0.374 e. The van der Waals surface area contributed by atoms with Crippen molar-refractivity contribution in [3.05, 3.63) is 94.9 Å². The van der Waals surface area contributed by atoms with Crippen LogP contribution in [0.4, 0.5) is 5.69 Å². The van der Waals surface area contributed by atoms with E-state index in [2.05, 4.69) is 90.7 Å². The summed E-state index contributed by atoms with van der Waals surface area (Å²) >= 11 is 0. The fraction of sp³-hybridized carbons (Fsp3) is 0.174. The number of para-hydroxylation sites is 1. The molecule has 4 rings (SSSR count). The molecule has 26 heavy (non-hydrogen) atoms. The average Bonchev–Trinajstić information content (AvgIpc) is 2.99. The zero-order valence-electron chi connectivity index (χ0n) is 15.4. The number of H-pyrrole nitrogens is 1. The maximum Gasteiger partial charge on any atom is 0.0792 e. The highest BCUT2D eigenvalue weighted by molar-refractivity contribution is 5.86. The summed E-state index contributed by atoms with van der Waals surface area (Å²) in [5.74, 6) is 0. The third-order valence-corrected chi connectivity index (χ3v) is 5.09. The summed E-state index contributed by atoms with van der Waals surface area (Å²) < 4.78 is 0. The van der Waals surface area contributed by atoms with Crippen molar-refractivity contribution in [2.75, 3.05) is 5.32 Å². The Kier molecular flexibility index (Phi) is 4.21. The highest BCUT2D eigenvalue weighted by Crippen LogP contribution is 2.34. The van der Waals surface area contributed by atoms with Crippen LogP contribution in [0.15, 0.2) is 67.0 Å². The summed E-state index contributed by atoms with van der Waals surface area (Å²) in [6.07, 6.45) is 3.71. The van der Waals surface area contributed by atoms with E-state index in [-0.39, 0.29) is 6.04 Å². The SMILES string of the molecule is Cc1ccc(N[C@H](c2ccncc2)c2c(C)[nH]c3ccccc23)cc1C. The fourth-order valence-electron chi connectivity index (χ4n) is 3.55. The third-order valence-electron chi connectivity index (χ3n) is 5.09. The molecule has 1 atom stereocenters. The minimum absolute atomic E-state index is 0.0521. The Balaban J connectivity index is 1.85. The number of nitrogens with one attached hydrogen (secondary N) is 2. The molecule has 0 aliphatic heterocycles. The van der Waals surface area contributed by atoms with Crippen LogP contribution in [0.25, 0.3) is 10.9 Å². The Morgan fingerprint density at radius 1 is 0.885 bits per heavy atom. The highest BCUT2D eigenvalue weighted by atomic mass is 14.9. The van der Waals surface area contributed by atoms with Gasteiger partial charge in [-0.1, -0.05) is 24.3 Å². The molecule has 2 aromatic heterocycles. The van der Waals surface area contributed by atoms with Crippen LogP contribution in [0.1, 0.15) is 34.0 Å². The van der Waals surface area contributed by atoms with E-state index in [9.17, 15) is 0 Å². The van der Waals surface area contributed by atoms with Crippen LogP contribution in [0.5, 0.6) is 0 Å². The van der Waals surface area contributed by atoms with E-state index in [1.165, 1.54) is 38.9 Å². The van der Waals surface area contributed by atoms with Gasteiger partial charge in [-0.15, -0.1) is 0 Å². The zero-order chi connectivity index (χ0) is 18.1. The molecule has 0 spiro atoms. The van der Waals surface area contributed by atoms with Gasteiger partial charge in [-0.2, -0.15) is 0 Å². The summed E-state index contributed by atoms with van der Waals surface area (Å²) in [7, 11) is 0. The van der Waals surface area contributed by atoms with Crippen LogP contribution < -0.4 is 5.32 Å². The standard InChI is InChI=1S/C23H23N3/c1-15-8-9-19(14-16(15)2)26-23(18-10-12-24-13-11-18)22-17(3)25-21-7-5-4-6-20(21)22/h4-14,23,25-26H,1-3H3/t23-/m1/s1. The molecule has 0 aliphatic rings. The van der Waals surface area contributed by atoms with Gasteiger partial charge in [0.1, 0.15) is 0 Å². The van der Waals surface area contributed by atoms with E-state index >= 15 is 0 Å². The normalized spacial score (nSPS) is 12.3. The molecule has 3 heteroatoms. The Hall–Kier alpha value is -3.07. The number of aromatic amines is 1. The van der Waals surface area contributed by atoms with Crippen molar-refractivity contribution < 1.29 is 0 Å². The molecular formula is C23H23N3. The van der Waals surface area contributed by atoms with E-state index in [0.29, 0.717) is 0 Å². The zero-order valence-corrected chi connectivity index (χ0v) is 15.4. The smallest absolute Gasteiger partial charge is 0.0792 e. The van der Waals surface area contributed by atoms with E-state index in [1.54, 1.807) is 0 Å². The lowest BCUT2D eigenvalue weighted by Crippen LogP contribution is -2.13. The first-order chi connectivity index (χ1) is 12.6. The topological polar surface area (TPSA) is 40.7 Å². The number of pyridine rings is 1. The van der Waals surface area contributed by atoms with Crippen molar-refractivity contribution in [2.24, 2.45) is 0 Å². The monoisotopic (exact) mass is 341 g/mol. The lowest BCUT2D eigenvalue weighted by atomic mass is 9.96. The Morgan fingerprint density at radius 2 is 1.65 bits per heavy atom. The number of anilines is 1. The van der Waals surface area contributed by atoms with Gasteiger partial charge in [0, 0.05) is 40.2 Å². The number of hydrogen-bond donors (Lipinski definition) is 2. The molecule has 2 heterocycles. The highest BCUT2D eigenvalue weighted by Gasteiger charge is 2.21. The lowest BCUT2D eigenvalue weighted by molar-refractivity contribution is 0.927. The van der Waals surface area contributed by atoms with Crippen molar-refractivity contribution in [1.82, 2.24) is 9.97 Å². The molecule has 0 radical (unpaired) electrons. The molecule has 3 nitrogen and oxygen atoms in total. The van der Waals surface area contributed by atoms with Crippen LogP contribution in [0.2, 0.25) is 0 Å². The average molecular weight is 341 g/mol. The Labute approximate surface area is 154 Å².